The molecule has 0 unspecified atom stereocenters. The zero-order chi connectivity index (χ0) is 14.8. The monoisotopic (exact) mass is 275 g/mol. The van der Waals surface area contributed by atoms with E-state index < -0.39 is 0 Å². The molecule has 0 saturated carbocycles. The van der Waals surface area contributed by atoms with Gasteiger partial charge in [0.15, 0.2) is 0 Å². The molecule has 3 heteroatoms. The van der Waals surface area contributed by atoms with Crippen LogP contribution in [0.4, 0.5) is 0 Å². The molecule has 0 atom stereocenters. The van der Waals surface area contributed by atoms with Gasteiger partial charge in [0.1, 0.15) is 5.82 Å². The predicted octanol–water partition coefficient (Wildman–Crippen LogP) is 4.16. The van der Waals surface area contributed by atoms with Gasteiger partial charge in [-0.1, -0.05) is 31.2 Å². The Morgan fingerprint density at radius 3 is 2.67 bits per heavy atom. The minimum Gasteiger partial charge on any atom is -0.324 e. The Labute approximate surface area is 124 Å². The molecule has 0 aliphatic heterocycles. The fourth-order valence-electron chi connectivity index (χ4n) is 2.77. The Kier molecular flexibility index (Phi) is 3.45. The van der Waals surface area contributed by atoms with Crippen molar-refractivity contribution in [3.8, 4) is 17.5 Å². The molecular weight excluding hydrogens is 258 g/mol. The maximum Gasteiger partial charge on any atom is 0.141 e. The first-order valence-electron chi connectivity index (χ1n) is 7.27. The van der Waals surface area contributed by atoms with E-state index in [2.05, 4.69) is 48.7 Å². The second kappa shape index (κ2) is 5.41. The Morgan fingerprint density at radius 2 is 1.95 bits per heavy atom. The van der Waals surface area contributed by atoms with E-state index in [1.54, 1.807) is 0 Å². The van der Waals surface area contributed by atoms with Crippen LogP contribution in [0, 0.1) is 11.3 Å². The Bertz CT molecular complexity index is 837. The molecule has 0 fully saturated rings. The van der Waals surface area contributed by atoms with E-state index in [1.165, 1.54) is 11.1 Å². The van der Waals surface area contributed by atoms with Crippen LogP contribution in [0.5, 0.6) is 0 Å². The summed E-state index contributed by atoms with van der Waals surface area (Å²) in [5.74, 6) is 0.986. The lowest BCUT2D eigenvalue weighted by atomic mass is 10.0. The summed E-state index contributed by atoms with van der Waals surface area (Å²) in [7, 11) is 0. The Balaban J connectivity index is 2.30. The highest BCUT2D eigenvalue weighted by molar-refractivity contribution is 5.82. The highest BCUT2D eigenvalue weighted by atomic mass is 15.1. The highest BCUT2D eigenvalue weighted by Crippen LogP contribution is 2.28. The van der Waals surface area contributed by atoms with Crippen molar-refractivity contribution in [3.63, 3.8) is 0 Å². The number of aromatic nitrogens is 2. The summed E-state index contributed by atoms with van der Waals surface area (Å²) in [5, 5.41) is 9.04. The van der Waals surface area contributed by atoms with Crippen LogP contribution in [0.3, 0.4) is 0 Å². The van der Waals surface area contributed by atoms with Gasteiger partial charge >= 0.3 is 0 Å². The van der Waals surface area contributed by atoms with Crippen molar-refractivity contribution in [1.29, 1.82) is 5.26 Å². The third-order valence-corrected chi connectivity index (χ3v) is 3.83. The number of nitrogens with zero attached hydrogens (tertiary/aromatic N) is 3. The van der Waals surface area contributed by atoms with Gasteiger partial charge in [0, 0.05) is 12.1 Å². The third kappa shape index (κ3) is 2.19. The molecule has 0 amide bonds. The fraction of sp³-hybridized carbons (Fsp3) is 0.222. The zero-order valence-electron chi connectivity index (χ0n) is 12.3. The second-order valence-electron chi connectivity index (χ2n) is 5.01. The Hall–Kier alpha value is -2.60. The van der Waals surface area contributed by atoms with Crippen molar-refractivity contribution in [2.45, 2.75) is 26.8 Å². The third-order valence-electron chi connectivity index (χ3n) is 3.83. The summed E-state index contributed by atoms with van der Waals surface area (Å²) >= 11 is 0. The molecule has 3 rings (SSSR count). The number of fused-ring (bicyclic) bond motifs is 1. The molecule has 1 heterocycles. The number of imidazole rings is 1. The summed E-state index contributed by atoms with van der Waals surface area (Å²) in [6.45, 7) is 5.14. The molecule has 3 nitrogen and oxygen atoms in total. The molecule has 2 aromatic carbocycles. The predicted molar refractivity (Wildman–Crippen MR) is 84.9 cm³/mol. The van der Waals surface area contributed by atoms with Gasteiger partial charge in [0.25, 0.3) is 0 Å². The van der Waals surface area contributed by atoms with Crippen molar-refractivity contribution >= 4 is 11.0 Å². The van der Waals surface area contributed by atoms with Crippen LogP contribution < -0.4 is 0 Å². The molecule has 0 radical (unpaired) electrons. The molecule has 0 saturated heterocycles. The van der Waals surface area contributed by atoms with Crippen LogP contribution >= 0.6 is 0 Å². The minimum absolute atomic E-state index is 0.651. The van der Waals surface area contributed by atoms with E-state index >= 15 is 0 Å². The lowest BCUT2D eigenvalue weighted by Gasteiger charge is -2.09. The number of nitriles is 1. The van der Waals surface area contributed by atoms with Crippen molar-refractivity contribution in [1.82, 2.24) is 9.55 Å². The minimum atomic E-state index is 0.651. The molecule has 3 aromatic rings. The molecule has 0 spiro atoms. The van der Waals surface area contributed by atoms with Crippen LogP contribution in [0.1, 0.15) is 25.0 Å². The highest BCUT2D eigenvalue weighted by Gasteiger charge is 2.14. The molecule has 0 N–H and O–H groups in total. The standard InChI is InChI=1S/C18H17N3/c1-3-14-7-5-6-8-15(14)18-20-16-11-13(12-19)9-10-17(16)21(18)4-2/h5-11H,3-4H2,1-2H3. The molecule has 0 aliphatic rings. The molecule has 104 valence electrons. The molecule has 0 aliphatic carbocycles. The first-order chi connectivity index (χ1) is 10.3. The lowest BCUT2D eigenvalue weighted by molar-refractivity contribution is 0.795. The van der Waals surface area contributed by atoms with Gasteiger partial charge in [0.05, 0.1) is 22.7 Å². The van der Waals surface area contributed by atoms with E-state index in [0.717, 1.165) is 29.8 Å². The number of hydrogen-bond acceptors (Lipinski definition) is 2. The molecule has 1 aromatic heterocycles. The number of benzene rings is 2. The van der Waals surface area contributed by atoms with Gasteiger partial charge in [-0.25, -0.2) is 4.98 Å². The van der Waals surface area contributed by atoms with Gasteiger partial charge < -0.3 is 4.57 Å². The van der Waals surface area contributed by atoms with Crippen molar-refractivity contribution in [2.24, 2.45) is 0 Å². The van der Waals surface area contributed by atoms with Gasteiger partial charge in [-0.15, -0.1) is 0 Å². The molecule has 0 bridgehead atoms. The fourth-order valence-corrected chi connectivity index (χ4v) is 2.77. The van der Waals surface area contributed by atoms with Crippen molar-refractivity contribution in [3.05, 3.63) is 53.6 Å². The van der Waals surface area contributed by atoms with E-state index in [9.17, 15) is 0 Å². The van der Waals surface area contributed by atoms with E-state index in [1.807, 2.05) is 18.2 Å². The first-order valence-corrected chi connectivity index (χ1v) is 7.27. The summed E-state index contributed by atoms with van der Waals surface area (Å²) in [4.78, 5) is 4.78. The number of rotatable bonds is 3. The van der Waals surface area contributed by atoms with Crippen LogP contribution in [0.25, 0.3) is 22.4 Å². The van der Waals surface area contributed by atoms with Crippen molar-refractivity contribution in [2.75, 3.05) is 0 Å². The van der Waals surface area contributed by atoms with E-state index in [4.69, 9.17) is 10.2 Å². The van der Waals surface area contributed by atoms with Crippen molar-refractivity contribution < 1.29 is 0 Å². The van der Waals surface area contributed by atoms with Crippen LogP contribution in [-0.4, -0.2) is 9.55 Å². The zero-order valence-corrected chi connectivity index (χ0v) is 12.3. The van der Waals surface area contributed by atoms with Gasteiger partial charge in [-0.05, 0) is 37.1 Å². The lowest BCUT2D eigenvalue weighted by Crippen LogP contribution is -1.99. The second-order valence-corrected chi connectivity index (χ2v) is 5.01. The summed E-state index contributed by atoms with van der Waals surface area (Å²) in [6.07, 6.45) is 0.979. The Morgan fingerprint density at radius 1 is 1.14 bits per heavy atom. The number of hydrogen-bond donors (Lipinski definition) is 0. The number of aryl methyl sites for hydroxylation is 2. The van der Waals surface area contributed by atoms with Crippen LogP contribution in [0.15, 0.2) is 42.5 Å². The smallest absolute Gasteiger partial charge is 0.141 e. The molecule has 21 heavy (non-hydrogen) atoms. The quantitative estimate of drug-likeness (QED) is 0.720. The molecular formula is C18H17N3. The SMILES string of the molecule is CCc1ccccc1-c1nc2cc(C#N)ccc2n1CC. The summed E-state index contributed by atoms with van der Waals surface area (Å²) < 4.78 is 2.21. The van der Waals surface area contributed by atoms with Gasteiger partial charge in [0.2, 0.25) is 0 Å². The van der Waals surface area contributed by atoms with E-state index in [0.29, 0.717) is 5.56 Å². The van der Waals surface area contributed by atoms with Gasteiger partial charge in [-0.2, -0.15) is 5.26 Å². The summed E-state index contributed by atoms with van der Waals surface area (Å²) in [6, 6.07) is 16.3. The maximum atomic E-state index is 9.04. The average Bonchev–Trinajstić information content (AvgIpc) is 2.91. The van der Waals surface area contributed by atoms with E-state index in [-0.39, 0.29) is 0 Å². The normalized spacial score (nSPS) is 10.7. The largest absolute Gasteiger partial charge is 0.324 e. The maximum absolute atomic E-state index is 9.04. The van der Waals surface area contributed by atoms with Crippen LogP contribution in [0.2, 0.25) is 0 Å². The topological polar surface area (TPSA) is 41.6 Å². The van der Waals surface area contributed by atoms with Gasteiger partial charge in [-0.3, -0.25) is 0 Å². The summed E-state index contributed by atoms with van der Waals surface area (Å²) in [5.41, 5.74) is 5.09. The first kappa shape index (κ1) is 13.4. The average molecular weight is 275 g/mol. The van der Waals surface area contributed by atoms with Crippen LogP contribution in [-0.2, 0) is 13.0 Å².